The van der Waals surface area contributed by atoms with Gasteiger partial charge in [0.15, 0.2) is 6.61 Å². The molecular weight excluding hydrogens is 322 g/mol. The average molecular weight is 345 g/mol. The van der Waals surface area contributed by atoms with Crippen LogP contribution < -0.4 is 15.7 Å². The normalized spacial score (nSPS) is 13.5. The van der Waals surface area contributed by atoms with Gasteiger partial charge in [-0.25, -0.2) is 4.79 Å². The van der Waals surface area contributed by atoms with Gasteiger partial charge in [0.2, 0.25) is 0 Å². The molecule has 3 rings (SSSR count). The van der Waals surface area contributed by atoms with E-state index < -0.39 is 0 Å². The molecule has 0 atom stereocenters. The summed E-state index contributed by atoms with van der Waals surface area (Å²) in [6.45, 7) is 2.16. The molecule has 1 aromatic carbocycles. The summed E-state index contributed by atoms with van der Waals surface area (Å²) in [7, 11) is 0. The molecule has 0 aliphatic heterocycles. The van der Waals surface area contributed by atoms with E-state index in [9.17, 15) is 9.59 Å². The average Bonchev–Trinajstić information content (AvgIpc) is 2.62. The Hall–Kier alpha value is -2.34. The molecule has 0 saturated carbocycles. The quantitative estimate of drug-likeness (QED) is 0.616. The first-order chi connectivity index (χ1) is 12.1. The summed E-state index contributed by atoms with van der Waals surface area (Å²) in [6.07, 6.45) is 4.28. The van der Waals surface area contributed by atoms with E-state index in [-0.39, 0.29) is 24.7 Å². The van der Waals surface area contributed by atoms with E-state index in [2.05, 4.69) is 5.32 Å². The maximum atomic E-state index is 12.3. The minimum absolute atomic E-state index is 0.0360. The number of benzene rings is 1. The Morgan fingerprint density at radius 3 is 2.80 bits per heavy atom. The first kappa shape index (κ1) is 17.5. The van der Waals surface area contributed by atoms with Crippen molar-refractivity contribution in [2.24, 2.45) is 0 Å². The summed E-state index contributed by atoms with van der Waals surface area (Å²) in [5.41, 5.74) is 2.91. The van der Waals surface area contributed by atoms with E-state index in [1.165, 1.54) is 0 Å². The minimum Gasteiger partial charge on any atom is -0.483 e. The maximum absolute atomic E-state index is 12.3. The number of nitrogens with one attached hydrogen (secondary N) is 1. The van der Waals surface area contributed by atoms with Crippen LogP contribution in [-0.2, 0) is 17.6 Å². The molecule has 25 heavy (non-hydrogen) atoms. The van der Waals surface area contributed by atoms with Crippen molar-refractivity contribution in [2.45, 2.75) is 39.0 Å². The van der Waals surface area contributed by atoms with E-state index in [4.69, 9.17) is 14.3 Å². The lowest BCUT2D eigenvalue weighted by molar-refractivity contribution is -0.123. The van der Waals surface area contributed by atoms with Gasteiger partial charge in [0, 0.05) is 29.7 Å². The van der Waals surface area contributed by atoms with Gasteiger partial charge in [0.1, 0.15) is 11.3 Å². The summed E-state index contributed by atoms with van der Waals surface area (Å²) in [6, 6.07) is 3.74. The smallest absolute Gasteiger partial charge is 0.339 e. The van der Waals surface area contributed by atoms with Crippen molar-refractivity contribution >= 4 is 16.9 Å². The lowest BCUT2D eigenvalue weighted by Gasteiger charge is -2.18. The first-order valence-electron chi connectivity index (χ1n) is 8.70. The van der Waals surface area contributed by atoms with Crippen molar-refractivity contribution < 1.29 is 19.1 Å². The van der Waals surface area contributed by atoms with Gasteiger partial charge in [0.05, 0.1) is 0 Å². The fourth-order valence-electron chi connectivity index (χ4n) is 3.28. The molecule has 1 amide bonds. The van der Waals surface area contributed by atoms with E-state index in [1.54, 1.807) is 0 Å². The summed E-state index contributed by atoms with van der Waals surface area (Å²) >= 11 is 0. The second kappa shape index (κ2) is 7.70. The van der Waals surface area contributed by atoms with Crippen molar-refractivity contribution in [3.05, 3.63) is 39.2 Å². The van der Waals surface area contributed by atoms with Crippen molar-refractivity contribution in [1.29, 1.82) is 0 Å². The van der Waals surface area contributed by atoms with Crippen LogP contribution in [-0.4, -0.2) is 30.8 Å². The Balaban J connectivity index is 1.83. The lowest BCUT2D eigenvalue weighted by atomic mass is 9.90. The van der Waals surface area contributed by atoms with Crippen LogP contribution in [0, 0.1) is 6.92 Å². The van der Waals surface area contributed by atoms with E-state index >= 15 is 0 Å². The van der Waals surface area contributed by atoms with Gasteiger partial charge in [-0.3, -0.25) is 4.79 Å². The Kier molecular flexibility index (Phi) is 5.38. The molecule has 6 nitrogen and oxygen atoms in total. The molecule has 0 unspecified atom stereocenters. The number of amides is 1. The van der Waals surface area contributed by atoms with Gasteiger partial charge in [-0.2, -0.15) is 0 Å². The van der Waals surface area contributed by atoms with Gasteiger partial charge in [-0.05, 0) is 56.7 Å². The second-order valence-corrected chi connectivity index (χ2v) is 6.33. The number of hydrogen-bond donors (Lipinski definition) is 2. The third-order valence-electron chi connectivity index (χ3n) is 4.61. The van der Waals surface area contributed by atoms with Crippen molar-refractivity contribution in [2.75, 3.05) is 19.8 Å². The molecule has 1 heterocycles. The zero-order chi connectivity index (χ0) is 17.8. The van der Waals surface area contributed by atoms with Crippen LogP contribution in [0.4, 0.5) is 0 Å². The highest BCUT2D eigenvalue weighted by molar-refractivity contribution is 5.86. The number of aliphatic hydroxyl groups is 1. The first-order valence-corrected chi connectivity index (χ1v) is 8.70. The molecule has 1 aliphatic carbocycles. The molecule has 0 spiro atoms. The monoisotopic (exact) mass is 345 g/mol. The van der Waals surface area contributed by atoms with Gasteiger partial charge >= 0.3 is 5.63 Å². The number of carbonyl (C=O) groups excluding carboxylic acids is 1. The molecule has 134 valence electrons. The largest absolute Gasteiger partial charge is 0.483 e. The topological polar surface area (TPSA) is 88.8 Å². The third-order valence-corrected chi connectivity index (χ3v) is 4.61. The number of ether oxygens (including phenoxy) is 1. The molecule has 6 heteroatoms. The number of rotatable bonds is 6. The highest BCUT2D eigenvalue weighted by atomic mass is 16.5. The predicted molar refractivity (Wildman–Crippen MR) is 94.1 cm³/mol. The number of fused-ring (bicyclic) bond motifs is 3. The van der Waals surface area contributed by atoms with Gasteiger partial charge < -0.3 is 19.6 Å². The molecule has 1 aromatic heterocycles. The van der Waals surface area contributed by atoms with Crippen LogP contribution in [0.15, 0.2) is 21.3 Å². The number of carbonyl (C=O) groups is 1. The Morgan fingerprint density at radius 2 is 2.04 bits per heavy atom. The fraction of sp³-hybridized carbons (Fsp3) is 0.474. The zero-order valence-corrected chi connectivity index (χ0v) is 14.4. The van der Waals surface area contributed by atoms with Crippen LogP contribution in [0.25, 0.3) is 11.0 Å². The molecule has 1 aliphatic rings. The summed E-state index contributed by atoms with van der Waals surface area (Å²) in [5, 5.41) is 12.3. The second-order valence-electron chi connectivity index (χ2n) is 6.33. The Labute approximate surface area is 145 Å². The van der Waals surface area contributed by atoms with Crippen molar-refractivity contribution in [3.63, 3.8) is 0 Å². The molecule has 0 fully saturated rings. The standard InChI is InChI=1S/C19H23NO5/c1-12-16(24-11-17(22)20-9-4-10-21)8-7-14-13-5-2-3-6-15(13)19(23)25-18(12)14/h7-8,21H,2-6,9-11H2,1H3,(H,20,22). The van der Waals surface area contributed by atoms with Crippen molar-refractivity contribution in [3.8, 4) is 5.75 Å². The van der Waals surface area contributed by atoms with E-state index in [0.29, 0.717) is 24.3 Å². The molecular formula is C19H23NO5. The van der Waals surface area contributed by atoms with Crippen LogP contribution in [0.1, 0.15) is 36.0 Å². The third kappa shape index (κ3) is 3.69. The van der Waals surface area contributed by atoms with Gasteiger partial charge in [-0.15, -0.1) is 0 Å². The van der Waals surface area contributed by atoms with Gasteiger partial charge in [-0.1, -0.05) is 0 Å². The SMILES string of the molecule is Cc1c(OCC(=O)NCCCO)ccc2c3c(c(=O)oc12)CCCC3. The lowest BCUT2D eigenvalue weighted by Crippen LogP contribution is -2.30. The van der Waals surface area contributed by atoms with Crippen LogP contribution >= 0.6 is 0 Å². The molecule has 0 bridgehead atoms. The number of aliphatic hydroxyl groups excluding tert-OH is 1. The summed E-state index contributed by atoms with van der Waals surface area (Å²) < 4.78 is 11.1. The Bertz CT molecular complexity index is 840. The van der Waals surface area contributed by atoms with Crippen LogP contribution in [0.5, 0.6) is 5.75 Å². The molecule has 0 saturated heterocycles. The minimum atomic E-state index is -0.260. The number of aryl methyl sites for hydroxylation is 2. The van der Waals surface area contributed by atoms with Crippen LogP contribution in [0.3, 0.4) is 0 Å². The molecule has 2 aromatic rings. The summed E-state index contributed by atoms with van der Waals surface area (Å²) in [5.74, 6) is 0.281. The highest BCUT2D eigenvalue weighted by Crippen LogP contribution is 2.32. The van der Waals surface area contributed by atoms with Crippen LogP contribution in [0.2, 0.25) is 0 Å². The highest BCUT2D eigenvalue weighted by Gasteiger charge is 2.20. The van der Waals surface area contributed by atoms with Gasteiger partial charge in [0.25, 0.3) is 5.91 Å². The van der Waals surface area contributed by atoms with E-state index in [1.807, 2.05) is 19.1 Å². The maximum Gasteiger partial charge on any atom is 0.339 e. The number of hydrogen-bond acceptors (Lipinski definition) is 5. The Morgan fingerprint density at radius 1 is 1.28 bits per heavy atom. The summed E-state index contributed by atoms with van der Waals surface area (Å²) in [4.78, 5) is 24.0. The predicted octanol–water partition coefficient (Wildman–Crippen LogP) is 1.86. The van der Waals surface area contributed by atoms with Crippen molar-refractivity contribution in [1.82, 2.24) is 5.32 Å². The molecule has 0 radical (unpaired) electrons. The zero-order valence-electron chi connectivity index (χ0n) is 14.4. The molecule has 2 N–H and O–H groups in total. The fourth-order valence-corrected chi connectivity index (χ4v) is 3.28. The van der Waals surface area contributed by atoms with E-state index in [0.717, 1.165) is 47.8 Å².